The average molecular weight is 1600 g/mol. The van der Waals surface area contributed by atoms with Crippen molar-refractivity contribution in [2.75, 3.05) is 73.8 Å². The topological polar surface area (TPSA) is 329 Å². The molecule has 3 atom stereocenters. The fourth-order valence-electron chi connectivity index (χ4n) is 12.8. The fourth-order valence-corrected chi connectivity index (χ4v) is 13.3. The number of rotatable bonds is 14. The van der Waals surface area contributed by atoms with Crippen LogP contribution in [0.1, 0.15) is 96.7 Å². The van der Waals surface area contributed by atoms with Crippen molar-refractivity contribution in [1.82, 2.24) is 48.6 Å². The van der Waals surface area contributed by atoms with E-state index in [1.165, 1.54) is 12.4 Å². The zero-order valence-electron chi connectivity index (χ0n) is 66.6. The molecule has 596 valence electrons. The van der Waals surface area contributed by atoms with E-state index in [1.807, 2.05) is 266 Å². The van der Waals surface area contributed by atoms with E-state index in [4.69, 9.17) is 67.3 Å². The van der Waals surface area contributed by atoms with E-state index in [0.29, 0.717) is 32.7 Å². The quantitative estimate of drug-likeness (QED) is 0.0383. The number of halogens is 2. The van der Waals surface area contributed by atoms with E-state index >= 15 is 0 Å². The summed E-state index contributed by atoms with van der Waals surface area (Å²) in [4.78, 5) is 78.7. The van der Waals surface area contributed by atoms with Crippen molar-refractivity contribution in [3.8, 4) is 45.4 Å². The van der Waals surface area contributed by atoms with Crippen LogP contribution in [0.15, 0.2) is 246 Å². The Morgan fingerprint density at radius 2 is 0.906 bits per heavy atom. The van der Waals surface area contributed by atoms with Crippen molar-refractivity contribution in [3.63, 3.8) is 0 Å². The molecule has 28 heteroatoms. The van der Waals surface area contributed by atoms with E-state index in [-0.39, 0.29) is 82.8 Å². The molecule has 9 heterocycles. The Morgan fingerprint density at radius 3 is 1.33 bits per heavy atom. The van der Waals surface area contributed by atoms with Gasteiger partial charge in [-0.1, -0.05) is 134 Å². The monoisotopic (exact) mass is 1600 g/mol. The van der Waals surface area contributed by atoms with Crippen LogP contribution in [0, 0.1) is 17.9 Å². The second-order valence-corrected chi connectivity index (χ2v) is 29.8. The predicted octanol–water partition coefficient (Wildman–Crippen LogP) is 15.7. The van der Waals surface area contributed by atoms with Crippen molar-refractivity contribution >= 4 is 109 Å². The number of hydrogen-bond donors (Lipinski definition) is 5. The maximum Gasteiger partial charge on any atom is 0.496 e. The lowest BCUT2D eigenvalue weighted by Gasteiger charge is -2.32. The summed E-state index contributed by atoms with van der Waals surface area (Å²) in [5.41, 5.74) is 34.7. The van der Waals surface area contributed by atoms with Gasteiger partial charge in [-0.25, -0.2) is 19.8 Å². The molecule has 0 aliphatic carbocycles. The molecule has 8 aromatic heterocycles. The van der Waals surface area contributed by atoms with Crippen LogP contribution in [0.3, 0.4) is 0 Å². The smallest absolute Gasteiger partial charge is 0.399 e. The first-order valence-corrected chi connectivity index (χ1v) is 37.7. The Morgan fingerprint density at radius 1 is 0.513 bits per heavy atom. The van der Waals surface area contributed by atoms with Gasteiger partial charge in [-0.05, 0) is 155 Å². The van der Waals surface area contributed by atoms with E-state index in [1.54, 1.807) is 44.6 Å². The number of hydrogen-bond acceptors (Lipinski definition) is 21. The van der Waals surface area contributed by atoms with Gasteiger partial charge in [-0.2, -0.15) is 10.2 Å². The number of nitrogens with two attached hydrogens (primary N) is 4. The molecule has 14 aromatic rings. The highest BCUT2D eigenvalue weighted by atomic mass is 35.5. The number of benzene rings is 6. The first-order valence-electron chi connectivity index (χ1n) is 37.0. The minimum absolute atomic E-state index is 0. The Balaban J connectivity index is 0.000000163. The summed E-state index contributed by atoms with van der Waals surface area (Å²) in [6.07, 6.45) is 13.5. The van der Waals surface area contributed by atoms with Crippen LogP contribution in [0.4, 0.5) is 40.5 Å². The van der Waals surface area contributed by atoms with Crippen molar-refractivity contribution in [1.29, 1.82) is 5.26 Å². The van der Waals surface area contributed by atoms with Gasteiger partial charge in [-0.15, -0.1) is 0 Å². The molecule has 6 aromatic carbocycles. The summed E-state index contributed by atoms with van der Waals surface area (Å²) in [6.45, 7) is 21.4. The molecule has 1 aliphatic heterocycles. The second-order valence-electron chi connectivity index (χ2n) is 29.1. The highest BCUT2D eigenvalue weighted by molar-refractivity contribution is 6.62. The third kappa shape index (κ3) is 19.4. The zero-order chi connectivity index (χ0) is 83.4. The number of nitrogen functional groups attached to an aromatic ring is 2. The van der Waals surface area contributed by atoms with E-state index < -0.39 is 6.04 Å². The Bertz CT molecular complexity index is 6160. The molecular weight excluding hydrogens is 1510 g/mol. The summed E-state index contributed by atoms with van der Waals surface area (Å²) in [7, 11) is 11.5. The van der Waals surface area contributed by atoms with Gasteiger partial charge in [-0.3, -0.25) is 43.0 Å². The van der Waals surface area contributed by atoms with Crippen LogP contribution < -0.4 is 65.1 Å². The summed E-state index contributed by atoms with van der Waals surface area (Å²) in [5, 5.41) is 16.4. The summed E-state index contributed by atoms with van der Waals surface area (Å²) < 4.78 is 17.1. The van der Waals surface area contributed by atoms with Crippen LogP contribution in [-0.4, -0.2) is 109 Å². The molecule has 117 heavy (non-hydrogen) atoms. The second kappa shape index (κ2) is 37.4. The summed E-state index contributed by atoms with van der Waals surface area (Å²) >= 11 is 11.7. The predicted molar refractivity (Wildman–Crippen MR) is 476 cm³/mol. The molecule has 1 aliphatic rings. The third-order valence-electron chi connectivity index (χ3n) is 19.6. The lowest BCUT2D eigenvalue weighted by Crippen LogP contribution is -2.41. The molecular formula is C89H93BCl2N20O5. The third-order valence-corrected chi connectivity index (χ3v) is 20.2. The average Bonchev–Trinajstić information content (AvgIpc) is 1.59. The van der Waals surface area contributed by atoms with Crippen LogP contribution in [0.5, 0.6) is 0 Å². The highest BCUT2D eigenvalue weighted by Crippen LogP contribution is 2.38. The Hall–Kier alpha value is -13.2. The molecule has 25 nitrogen and oxygen atoms in total. The number of nitriles is 1. The summed E-state index contributed by atoms with van der Waals surface area (Å²) in [5.74, 6) is 0.445. The maximum atomic E-state index is 14.3. The molecule has 1 fully saturated rings. The van der Waals surface area contributed by atoms with Crippen LogP contribution in [0.2, 0.25) is 10.2 Å². The van der Waals surface area contributed by atoms with Gasteiger partial charge in [0.25, 0.3) is 16.7 Å². The number of nitrogens with one attached hydrogen (secondary N) is 1. The first kappa shape index (κ1) is 86.2. The van der Waals surface area contributed by atoms with Gasteiger partial charge in [0.1, 0.15) is 17.5 Å². The first-order chi connectivity index (χ1) is 55.4. The molecule has 0 bridgehead atoms. The van der Waals surface area contributed by atoms with Gasteiger partial charge in [0.05, 0.1) is 86.8 Å². The van der Waals surface area contributed by atoms with E-state index in [9.17, 15) is 14.4 Å². The zero-order valence-corrected chi connectivity index (χ0v) is 68.1. The minimum atomic E-state index is -0.399. The van der Waals surface area contributed by atoms with Crippen molar-refractivity contribution < 1.29 is 9.31 Å². The minimum Gasteiger partial charge on any atom is -0.399 e. The number of para-hydroxylation sites is 3. The fraction of sp³-hybridized carbons (Fsp3) is 0.213. The molecule has 15 rings (SSSR count). The van der Waals surface area contributed by atoms with Crippen LogP contribution in [0.25, 0.3) is 76.5 Å². The molecule has 0 spiro atoms. The lowest BCUT2D eigenvalue weighted by molar-refractivity contribution is 0.00578. The van der Waals surface area contributed by atoms with Crippen molar-refractivity contribution in [2.24, 2.45) is 11.5 Å². The van der Waals surface area contributed by atoms with Gasteiger partial charge in [0.15, 0.2) is 5.15 Å². The standard InChI is InChI=1S/C29H26N8O.C24H24N4O.C17H15ClN2O.C13H21BN2O2.C5H3ClN4.CH4/c1-18(34-27-24(31-2)17-33-29(30)35-27)25-14-19-9-8-12-23(20-13-22(36(3)4)16-32-15-20)26(19)28(38)37(25)21-10-6-5-7-11-21;1-16(25)22-13-17-8-7-11-21(18-12-20(27(2)3)15-26-14-18)23(17)24(29)28(22)19-9-5-4-6-10-19;1-11(19)15-10-12-6-5-9-14(18)16(12)17(21)20(15)13-7-3-2-4-8-13;1-12(2)13(3,4)18-14(17-12)10-7-11(16(5)6)9-15-8-10;6-4-3(1-7)2-9-5(8)10-4;/h5-18H,1,3-4H3,(H3,30,33,34,35);4-16H,25H2,1-3H3;2-11H,19H2,1H3;7-9H,1-6H3;2H,(H2,8,9,10);1H4/t18-;16-;11-;;;/m000.../s1. The number of anilines is 6. The van der Waals surface area contributed by atoms with Crippen LogP contribution in [-0.2, 0) is 9.31 Å². The molecule has 9 N–H and O–H groups in total. The highest BCUT2D eigenvalue weighted by Gasteiger charge is 2.52. The van der Waals surface area contributed by atoms with E-state index in [2.05, 4.69) is 78.8 Å². The van der Waals surface area contributed by atoms with Gasteiger partial charge >= 0.3 is 7.12 Å². The van der Waals surface area contributed by atoms with Gasteiger partial charge in [0, 0.05) is 130 Å². The molecule has 0 saturated carbocycles. The normalized spacial score (nSPS) is 13.0. The summed E-state index contributed by atoms with van der Waals surface area (Å²) in [6, 6.07) is 58.7. The largest absolute Gasteiger partial charge is 0.496 e. The van der Waals surface area contributed by atoms with Crippen molar-refractivity contribution in [2.45, 2.75) is 85.2 Å². The Kier molecular flexibility index (Phi) is 27.6. The number of pyridine rings is 6. The molecule has 0 amide bonds. The SMILES string of the molecule is C.CN(C)c1cncc(B2OC(C)(C)C(C)(C)O2)c1.C[C@H](N)c1cc2cccc(-c3cncc(N(C)C)c3)c2c(=O)n1-c1ccccc1.C[C@H](N)c1cc2cccc(Cl)c2c(=O)n1-c1ccccc1.N#Cc1cnc(N)nc1Cl.[C-]#[N+]c1cnc(N)nc1N[C@@H](C)c1cc2cccc(-c3cncc(N(C)C)c3)c2c(=O)n1-c1ccccc1. The number of nitrogens with zero attached hydrogens (tertiary/aromatic N) is 15. The lowest BCUT2D eigenvalue weighted by atomic mass is 9.80. The van der Waals surface area contributed by atoms with Crippen LogP contribution >= 0.6 is 23.2 Å². The van der Waals surface area contributed by atoms with E-state index in [0.717, 1.165) is 89.4 Å². The molecule has 0 unspecified atom stereocenters. The number of aromatic nitrogens is 10. The van der Waals surface area contributed by atoms with Crippen molar-refractivity contribution in [3.05, 3.63) is 307 Å². The number of fused-ring (bicyclic) bond motifs is 3. The van der Waals surface area contributed by atoms with Gasteiger partial charge in [0.2, 0.25) is 17.6 Å². The van der Waals surface area contributed by atoms with Gasteiger partial charge < -0.3 is 52.3 Å². The molecule has 0 radical (unpaired) electrons. The molecule has 1 saturated heterocycles. The maximum absolute atomic E-state index is 14.3. The Labute approximate surface area is 690 Å².